The molecule has 0 aliphatic rings. The lowest BCUT2D eigenvalue weighted by atomic mass is 10.1. The second-order valence-electron chi connectivity index (χ2n) is 4.02. The van der Waals surface area contributed by atoms with Crippen LogP contribution in [0.3, 0.4) is 0 Å². The largest absolute Gasteiger partial charge is 0.348 e. The Morgan fingerprint density at radius 3 is 2.65 bits per heavy atom. The summed E-state index contributed by atoms with van der Waals surface area (Å²) >= 11 is 0. The molecule has 0 saturated carbocycles. The molecule has 0 radical (unpaired) electrons. The zero-order valence-electron chi connectivity index (χ0n) is 10.8. The molecule has 0 fully saturated rings. The maximum absolute atomic E-state index is 11.8. The Hall–Kier alpha value is -2.71. The van der Waals surface area contributed by atoms with Gasteiger partial charge in [0.2, 0.25) is 0 Å². The summed E-state index contributed by atoms with van der Waals surface area (Å²) in [4.78, 5) is 11.8. The molecule has 100 valence electrons. The normalized spacial score (nSPS) is 9.45. The average Bonchev–Trinajstić information content (AvgIpc) is 2.52. The molecular formula is C15H14N4O. The lowest BCUT2D eigenvalue weighted by Gasteiger charge is -2.05. The molecule has 3 N–H and O–H groups in total. The van der Waals surface area contributed by atoms with E-state index >= 15 is 0 Å². The number of benzene rings is 1. The lowest BCUT2D eigenvalue weighted by Crippen LogP contribution is -2.22. The minimum Gasteiger partial charge on any atom is -0.348 e. The summed E-state index contributed by atoms with van der Waals surface area (Å²) in [5.41, 5.74) is 7.71. The van der Waals surface area contributed by atoms with Gasteiger partial charge >= 0.3 is 0 Å². The molecule has 0 aliphatic carbocycles. The van der Waals surface area contributed by atoms with E-state index in [1.165, 1.54) is 12.4 Å². The van der Waals surface area contributed by atoms with Crippen LogP contribution in [-0.2, 0) is 6.54 Å². The number of hydrogen-bond acceptors (Lipinski definition) is 4. The van der Waals surface area contributed by atoms with Gasteiger partial charge in [-0.05, 0) is 23.8 Å². The number of amides is 1. The zero-order valence-corrected chi connectivity index (χ0v) is 10.8. The summed E-state index contributed by atoms with van der Waals surface area (Å²) in [6, 6.07) is 9.27. The number of nitrogens with two attached hydrogens (primary N) is 1. The zero-order chi connectivity index (χ0) is 14.2. The minimum absolute atomic E-state index is 0.174. The van der Waals surface area contributed by atoms with E-state index in [9.17, 15) is 4.79 Å². The third-order valence-electron chi connectivity index (χ3n) is 2.59. The predicted molar refractivity (Wildman–Crippen MR) is 75.6 cm³/mol. The smallest absolute Gasteiger partial charge is 0.253 e. The molecule has 5 nitrogen and oxygen atoms in total. The van der Waals surface area contributed by atoms with Crippen LogP contribution in [0, 0.1) is 11.8 Å². The molecule has 5 heteroatoms. The molecule has 0 bridgehead atoms. The van der Waals surface area contributed by atoms with E-state index < -0.39 is 0 Å². The molecule has 0 unspecified atom stereocenters. The molecule has 2 rings (SSSR count). The molecule has 0 saturated heterocycles. The average molecular weight is 266 g/mol. The van der Waals surface area contributed by atoms with Crippen molar-refractivity contribution in [2.24, 2.45) is 5.73 Å². The number of aromatic nitrogens is 2. The molecule has 0 aliphatic heterocycles. The first kappa shape index (κ1) is 13.7. The second kappa shape index (κ2) is 7.02. The summed E-state index contributed by atoms with van der Waals surface area (Å²) < 4.78 is 0. The lowest BCUT2D eigenvalue weighted by molar-refractivity contribution is 0.0950. The van der Waals surface area contributed by atoms with Gasteiger partial charge in [-0.3, -0.25) is 4.79 Å². The second-order valence-corrected chi connectivity index (χ2v) is 4.02. The molecule has 1 aromatic heterocycles. The van der Waals surface area contributed by atoms with E-state index in [1.807, 2.05) is 24.3 Å². The number of rotatable bonds is 3. The van der Waals surface area contributed by atoms with Gasteiger partial charge in [-0.2, -0.15) is 10.2 Å². The molecule has 0 atom stereocenters. The van der Waals surface area contributed by atoms with Crippen LogP contribution in [0.25, 0.3) is 0 Å². The maximum atomic E-state index is 11.8. The fourth-order valence-electron chi connectivity index (χ4n) is 1.57. The third-order valence-corrected chi connectivity index (χ3v) is 2.59. The summed E-state index contributed by atoms with van der Waals surface area (Å²) in [6.45, 7) is 0.795. The predicted octanol–water partition coefficient (Wildman–Crippen LogP) is 0.717. The number of nitrogens with zero attached hydrogens (tertiary/aromatic N) is 2. The van der Waals surface area contributed by atoms with Crippen LogP contribution in [0.2, 0.25) is 0 Å². The number of hydrogen-bond donors (Lipinski definition) is 2. The quantitative estimate of drug-likeness (QED) is 0.802. The van der Waals surface area contributed by atoms with Gasteiger partial charge in [-0.25, -0.2) is 0 Å². The molecular weight excluding hydrogens is 252 g/mol. The van der Waals surface area contributed by atoms with Gasteiger partial charge in [-0.1, -0.05) is 24.0 Å². The van der Waals surface area contributed by atoms with Gasteiger partial charge in [0.15, 0.2) is 0 Å². The molecule has 1 heterocycles. The Labute approximate surface area is 117 Å². The van der Waals surface area contributed by atoms with E-state index in [0.717, 1.165) is 11.1 Å². The number of carbonyl (C=O) groups excluding carboxylic acids is 1. The van der Waals surface area contributed by atoms with Crippen LogP contribution in [0.5, 0.6) is 0 Å². The van der Waals surface area contributed by atoms with Gasteiger partial charge in [0, 0.05) is 12.1 Å². The van der Waals surface area contributed by atoms with Crippen molar-refractivity contribution in [2.45, 2.75) is 6.54 Å². The highest BCUT2D eigenvalue weighted by Crippen LogP contribution is 2.03. The summed E-state index contributed by atoms with van der Waals surface area (Å²) in [5.74, 6) is 5.56. The third kappa shape index (κ3) is 3.90. The van der Waals surface area contributed by atoms with Crippen LogP contribution < -0.4 is 11.1 Å². The van der Waals surface area contributed by atoms with Crippen LogP contribution >= 0.6 is 0 Å². The van der Waals surface area contributed by atoms with Crippen molar-refractivity contribution in [3.63, 3.8) is 0 Å². The van der Waals surface area contributed by atoms with Crippen molar-refractivity contribution in [2.75, 3.05) is 6.54 Å². The van der Waals surface area contributed by atoms with Crippen LogP contribution in [0.15, 0.2) is 42.7 Å². The first-order valence-electron chi connectivity index (χ1n) is 6.12. The Morgan fingerprint density at radius 1 is 1.20 bits per heavy atom. The van der Waals surface area contributed by atoms with E-state index in [-0.39, 0.29) is 5.91 Å². The van der Waals surface area contributed by atoms with Crippen LogP contribution in [-0.4, -0.2) is 22.6 Å². The highest BCUT2D eigenvalue weighted by molar-refractivity contribution is 5.93. The van der Waals surface area contributed by atoms with Crippen molar-refractivity contribution >= 4 is 5.91 Å². The summed E-state index contributed by atoms with van der Waals surface area (Å²) in [6.07, 6.45) is 2.92. The Bertz CT molecular complexity index is 626. The van der Waals surface area contributed by atoms with Gasteiger partial charge in [0.05, 0.1) is 24.5 Å². The molecule has 0 spiro atoms. The summed E-state index contributed by atoms with van der Waals surface area (Å²) in [7, 11) is 0. The Morgan fingerprint density at radius 2 is 2.00 bits per heavy atom. The number of carbonyl (C=O) groups is 1. The molecule has 1 amide bonds. The van der Waals surface area contributed by atoms with Gasteiger partial charge < -0.3 is 11.1 Å². The van der Waals surface area contributed by atoms with E-state index in [2.05, 4.69) is 27.4 Å². The fourth-order valence-corrected chi connectivity index (χ4v) is 1.57. The van der Waals surface area contributed by atoms with Crippen LogP contribution in [0.1, 0.15) is 21.5 Å². The highest BCUT2D eigenvalue weighted by atomic mass is 16.1. The van der Waals surface area contributed by atoms with E-state index in [4.69, 9.17) is 5.73 Å². The van der Waals surface area contributed by atoms with E-state index in [1.54, 1.807) is 6.07 Å². The van der Waals surface area contributed by atoms with Crippen molar-refractivity contribution in [3.8, 4) is 11.8 Å². The van der Waals surface area contributed by atoms with Crippen molar-refractivity contribution < 1.29 is 4.79 Å². The molecule has 20 heavy (non-hydrogen) atoms. The van der Waals surface area contributed by atoms with Crippen molar-refractivity contribution in [1.82, 2.24) is 15.5 Å². The summed E-state index contributed by atoms with van der Waals surface area (Å²) in [5, 5.41) is 10.1. The standard InChI is InChI=1S/C15H14N4O/c16-8-1-2-12-3-5-13(6-4-12)10-17-15(20)14-7-9-18-19-11-14/h3-7,9,11H,8,10,16H2,(H,17,20). The first-order chi connectivity index (χ1) is 9.79. The van der Waals surface area contributed by atoms with Gasteiger partial charge in [-0.15, -0.1) is 0 Å². The highest BCUT2D eigenvalue weighted by Gasteiger charge is 2.04. The molecule has 1 aromatic carbocycles. The van der Waals surface area contributed by atoms with Crippen molar-refractivity contribution in [1.29, 1.82) is 0 Å². The maximum Gasteiger partial charge on any atom is 0.253 e. The first-order valence-corrected chi connectivity index (χ1v) is 6.12. The van der Waals surface area contributed by atoms with Crippen LogP contribution in [0.4, 0.5) is 0 Å². The monoisotopic (exact) mass is 266 g/mol. The number of nitrogens with one attached hydrogen (secondary N) is 1. The topological polar surface area (TPSA) is 80.9 Å². The van der Waals surface area contributed by atoms with E-state index in [0.29, 0.717) is 18.7 Å². The Kier molecular flexibility index (Phi) is 4.81. The minimum atomic E-state index is -0.174. The van der Waals surface area contributed by atoms with Gasteiger partial charge in [0.25, 0.3) is 5.91 Å². The SMILES string of the molecule is NCC#Cc1ccc(CNC(=O)c2ccnnc2)cc1. The van der Waals surface area contributed by atoms with Gasteiger partial charge in [0.1, 0.15) is 0 Å². The van der Waals surface area contributed by atoms with Crippen molar-refractivity contribution in [3.05, 3.63) is 59.4 Å². The fraction of sp³-hybridized carbons (Fsp3) is 0.133. The Balaban J connectivity index is 1.93. The molecule has 2 aromatic rings.